The van der Waals surface area contributed by atoms with Crippen LogP contribution in [-0.2, 0) is 0 Å². The van der Waals surface area contributed by atoms with Gasteiger partial charge in [-0.15, -0.1) is 0 Å². The SMILES string of the molecule is CN(C)C=Nc1ccc(-c2ncnn2-c2ccc(F)cc2)cc1. The molecule has 0 aliphatic carbocycles. The van der Waals surface area contributed by atoms with Crippen LogP contribution in [0.4, 0.5) is 10.1 Å². The lowest BCUT2D eigenvalue weighted by molar-refractivity contribution is 0.627. The molecular weight excluding hydrogens is 293 g/mol. The molecule has 0 bridgehead atoms. The van der Waals surface area contributed by atoms with Gasteiger partial charge in [0.25, 0.3) is 0 Å². The zero-order chi connectivity index (χ0) is 16.2. The van der Waals surface area contributed by atoms with Crippen molar-refractivity contribution >= 4 is 12.0 Å². The Morgan fingerprint density at radius 1 is 1.04 bits per heavy atom. The van der Waals surface area contributed by atoms with Gasteiger partial charge in [0.1, 0.15) is 12.1 Å². The second kappa shape index (κ2) is 6.39. The van der Waals surface area contributed by atoms with Gasteiger partial charge in [-0.2, -0.15) is 5.10 Å². The first-order chi connectivity index (χ1) is 11.1. The van der Waals surface area contributed by atoms with Crippen LogP contribution in [0.1, 0.15) is 0 Å². The van der Waals surface area contributed by atoms with E-state index in [2.05, 4.69) is 15.1 Å². The van der Waals surface area contributed by atoms with Crippen LogP contribution in [0.5, 0.6) is 0 Å². The topological polar surface area (TPSA) is 46.3 Å². The predicted octanol–water partition coefficient (Wildman–Crippen LogP) is 3.29. The van der Waals surface area contributed by atoms with Crippen molar-refractivity contribution in [2.24, 2.45) is 4.99 Å². The maximum atomic E-state index is 13.1. The smallest absolute Gasteiger partial charge is 0.163 e. The molecule has 3 aromatic rings. The van der Waals surface area contributed by atoms with Gasteiger partial charge in [-0.1, -0.05) is 0 Å². The summed E-state index contributed by atoms with van der Waals surface area (Å²) in [5.41, 5.74) is 2.53. The summed E-state index contributed by atoms with van der Waals surface area (Å²) in [6, 6.07) is 13.9. The normalized spacial score (nSPS) is 11.1. The van der Waals surface area contributed by atoms with Gasteiger partial charge in [0.2, 0.25) is 0 Å². The first kappa shape index (κ1) is 14.9. The predicted molar refractivity (Wildman–Crippen MR) is 88.6 cm³/mol. The van der Waals surface area contributed by atoms with E-state index in [1.54, 1.807) is 23.2 Å². The number of halogens is 1. The average molecular weight is 309 g/mol. The molecule has 116 valence electrons. The highest BCUT2D eigenvalue weighted by atomic mass is 19.1. The molecule has 1 heterocycles. The zero-order valence-corrected chi connectivity index (χ0v) is 12.9. The van der Waals surface area contributed by atoms with E-state index in [0.29, 0.717) is 5.82 Å². The fourth-order valence-corrected chi connectivity index (χ4v) is 2.09. The van der Waals surface area contributed by atoms with E-state index in [4.69, 9.17) is 0 Å². The summed E-state index contributed by atoms with van der Waals surface area (Å²) in [7, 11) is 3.84. The van der Waals surface area contributed by atoms with Crippen molar-refractivity contribution in [3.8, 4) is 17.1 Å². The molecule has 5 nitrogen and oxygen atoms in total. The zero-order valence-electron chi connectivity index (χ0n) is 12.9. The van der Waals surface area contributed by atoms with E-state index in [-0.39, 0.29) is 5.82 Å². The Kier molecular flexibility index (Phi) is 4.14. The van der Waals surface area contributed by atoms with E-state index in [1.807, 2.05) is 43.3 Å². The molecule has 0 radical (unpaired) electrons. The first-order valence-corrected chi connectivity index (χ1v) is 7.10. The van der Waals surface area contributed by atoms with Crippen molar-refractivity contribution in [3.05, 3.63) is 60.7 Å². The van der Waals surface area contributed by atoms with Crippen LogP contribution in [-0.4, -0.2) is 40.1 Å². The van der Waals surface area contributed by atoms with E-state index in [1.165, 1.54) is 18.5 Å². The molecule has 2 aromatic carbocycles. The van der Waals surface area contributed by atoms with Gasteiger partial charge in [0.15, 0.2) is 5.82 Å². The molecule has 23 heavy (non-hydrogen) atoms. The highest BCUT2D eigenvalue weighted by Crippen LogP contribution is 2.23. The standard InChI is InChI=1S/C17H16FN5/c1-22(2)12-20-15-7-3-13(4-8-15)17-19-11-21-23(17)16-9-5-14(18)6-10-16/h3-12H,1-2H3. The summed E-state index contributed by atoms with van der Waals surface area (Å²) >= 11 is 0. The number of aliphatic imine (C=N–C) groups is 1. The molecule has 0 atom stereocenters. The molecule has 0 amide bonds. The summed E-state index contributed by atoms with van der Waals surface area (Å²) in [5, 5.41) is 4.22. The number of benzene rings is 2. The maximum absolute atomic E-state index is 13.1. The van der Waals surface area contributed by atoms with Crippen molar-refractivity contribution in [3.63, 3.8) is 0 Å². The van der Waals surface area contributed by atoms with Crippen LogP contribution in [0.3, 0.4) is 0 Å². The molecular formula is C17H16FN5. The van der Waals surface area contributed by atoms with Crippen molar-refractivity contribution in [1.82, 2.24) is 19.7 Å². The van der Waals surface area contributed by atoms with Crippen LogP contribution in [0.15, 0.2) is 59.9 Å². The molecule has 0 saturated heterocycles. The number of aromatic nitrogens is 3. The Balaban J connectivity index is 1.91. The van der Waals surface area contributed by atoms with Gasteiger partial charge in [0, 0.05) is 19.7 Å². The average Bonchev–Trinajstić information content (AvgIpc) is 3.03. The van der Waals surface area contributed by atoms with E-state index < -0.39 is 0 Å². The third kappa shape index (κ3) is 3.42. The van der Waals surface area contributed by atoms with E-state index in [0.717, 1.165) is 16.9 Å². The Morgan fingerprint density at radius 2 is 1.74 bits per heavy atom. The largest absolute Gasteiger partial charge is 0.369 e. The number of nitrogens with zero attached hydrogens (tertiary/aromatic N) is 5. The first-order valence-electron chi connectivity index (χ1n) is 7.10. The third-order valence-electron chi connectivity index (χ3n) is 3.18. The van der Waals surface area contributed by atoms with Gasteiger partial charge >= 0.3 is 0 Å². The molecule has 0 aliphatic heterocycles. The Bertz CT molecular complexity index is 804. The molecule has 6 heteroatoms. The molecule has 0 unspecified atom stereocenters. The van der Waals surface area contributed by atoms with Gasteiger partial charge in [0.05, 0.1) is 17.7 Å². The summed E-state index contributed by atoms with van der Waals surface area (Å²) in [4.78, 5) is 10.5. The van der Waals surface area contributed by atoms with Crippen molar-refractivity contribution < 1.29 is 4.39 Å². The van der Waals surface area contributed by atoms with E-state index in [9.17, 15) is 4.39 Å². The molecule has 0 spiro atoms. The number of hydrogen-bond donors (Lipinski definition) is 0. The second-order valence-corrected chi connectivity index (χ2v) is 5.23. The van der Waals surface area contributed by atoms with Gasteiger partial charge in [-0.25, -0.2) is 19.0 Å². The van der Waals surface area contributed by atoms with Gasteiger partial charge in [-0.3, -0.25) is 0 Å². The molecule has 0 saturated carbocycles. The van der Waals surface area contributed by atoms with Crippen molar-refractivity contribution in [2.75, 3.05) is 14.1 Å². The van der Waals surface area contributed by atoms with Gasteiger partial charge < -0.3 is 4.90 Å². The Morgan fingerprint density at radius 3 is 2.39 bits per heavy atom. The fraction of sp³-hybridized carbons (Fsp3) is 0.118. The van der Waals surface area contributed by atoms with Gasteiger partial charge in [-0.05, 0) is 48.5 Å². The molecule has 3 rings (SSSR count). The van der Waals surface area contributed by atoms with Crippen LogP contribution in [0.25, 0.3) is 17.1 Å². The molecule has 0 N–H and O–H groups in total. The quantitative estimate of drug-likeness (QED) is 0.549. The number of rotatable bonds is 4. The van der Waals surface area contributed by atoms with E-state index >= 15 is 0 Å². The molecule has 0 fully saturated rings. The maximum Gasteiger partial charge on any atom is 0.163 e. The van der Waals surface area contributed by atoms with Crippen LogP contribution in [0, 0.1) is 5.82 Å². The summed E-state index contributed by atoms with van der Waals surface area (Å²) < 4.78 is 14.7. The second-order valence-electron chi connectivity index (χ2n) is 5.23. The number of hydrogen-bond acceptors (Lipinski definition) is 3. The minimum Gasteiger partial charge on any atom is -0.369 e. The summed E-state index contributed by atoms with van der Waals surface area (Å²) in [6.45, 7) is 0. The summed E-state index contributed by atoms with van der Waals surface area (Å²) in [5.74, 6) is 0.415. The highest BCUT2D eigenvalue weighted by Gasteiger charge is 2.09. The lowest BCUT2D eigenvalue weighted by atomic mass is 10.2. The van der Waals surface area contributed by atoms with Crippen LogP contribution in [0.2, 0.25) is 0 Å². The van der Waals surface area contributed by atoms with Crippen molar-refractivity contribution in [1.29, 1.82) is 0 Å². The fourth-order valence-electron chi connectivity index (χ4n) is 2.09. The minimum atomic E-state index is -0.279. The summed E-state index contributed by atoms with van der Waals surface area (Å²) in [6.07, 6.45) is 3.23. The molecule has 0 aliphatic rings. The Labute approximate surface area is 133 Å². The Hall–Kier alpha value is -3.02. The monoisotopic (exact) mass is 309 g/mol. The minimum absolute atomic E-state index is 0.279. The highest BCUT2D eigenvalue weighted by molar-refractivity contribution is 5.64. The molecule has 1 aromatic heterocycles. The third-order valence-corrected chi connectivity index (χ3v) is 3.18. The lowest BCUT2D eigenvalue weighted by Gasteiger charge is -2.06. The van der Waals surface area contributed by atoms with Crippen LogP contribution >= 0.6 is 0 Å². The lowest BCUT2D eigenvalue weighted by Crippen LogP contribution is -2.06. The van der Waals surface area contributed by atoms with Crippen molar-refractivity contribution in [2.45, 2.75) is 0 Å². The van der Waals surface area contributed by atoms with Crippen LogP contribution < -0.4 is 0 Å².